The van der Waals surface area contributed by atoms with Gasteiger partial charge in [0.25, 0.3) is 0 Å². The predicted octanol–water partition coefficient (Wildman–Crippen LogP) is 5.24. The van der Waals surface area contributed by atoms with Crippen molar-refractivity contribution in [2.75, 3.05) is 6.54 Å². The molecule has 2 aromatic rings. The molecule has 25 heavy (non-hydrogen) atoms. The molecule has 1 fully saturated rings. The molecule has 0 saturated heterocycles. The molecule has 3 nitrogen and oxygen atoms in total. The molecule has 0 radical (unpaired) electrons. The number of carbonyl (C=O) groups is 1. The van der Waals surface area contributed by atoms with Gasteiger partial charge in [-0.25, -0.2) is 0 Å². The molecule has 1 N–H and O–H groups in total. The van der Waals surface area contributed by atoms with Crippen LogP contribution in [0.25, 0.3) is 0 Å². The standard InChI is InChI=1S/C21H27ClN2O/c1-15-12-20(16(2)24(15)19-6-4-3-5-7-19)21(25)14-23-13-17-8-10-18(22)11-9-17/h8-12,19,23H,3-7,13-14H2,1-2H3. The lowest BCUT2D eigenvalue weighted by molar-refractivity contribution is 0.0990. The molecule has 134 valence electrons. The highest BCUT2D eigenvalue weighted by Gasteiger charge is 2.22. The second-order valence-electron chi connectivity index (χ2n) is 7.10. The molecule has 0 atom stereocenters. The van der Waals surface area contributed by atoms with Crippen molar-refractivity contribution in [2.24, 2.45) is 0 Å². The summed E-state index contributed by atoms with van der Waals surface area (Å²) >= 11 is 5.90. The topological polar surface area (TPSA) is 34.0 Å². The quantitative estimate of drug-likeness (QED) is 0.717. The molecule has 0 spiro atoms. The Kier molecular flexibility index (Phi) is 5.98. The Morgan fingerprint density at radius 2 is 1.84 bits per heavy atom. The summed E-state index contributed by atoms with van der Waals surface area (Å²) < 4.78 is 2.39. The summed E-state index contributed by atoms with van der Waals surface area (Å²) in [6.45, 7) is 5.25. The fraction of sp³-hybridized carbons (Fsp3) is 0.476. The Morgan fingerprint density at radius 3 is 2.52 bits per heavy atom. The number of nitrogens with one attached hydrogen (secondary N) is 1. The van der Waals surface area contributed by atoms with E-state index in [0.717, 1.165) is 21.8 Å². The number of aryl methyl sites for hydroxylation is 1. The van der Waals surface area contributed by atoms with Crippen molar-refractivity contribution in [1.29, 1.82) is 0 Å². The molecule has 1 saturated carbocycles. The minimum Gasteiger partial charge on any atom is -0.345 e. The van der Waals surface area contributed by atoms with Crippen molar-refractivity contribution in [3.8, 4) is 0 Å². The lowest BCUT2D eigenvalue weighted by Gasteiger charge is -2.26. The maximum absolute atomic E-state index is 12.7. The molecule has 3 rings (SSSR count). The Morgan fingerprint density at radius 1 is 1.16 bits per heavy atom. The van der Waals surface area contributed by atoms with Crippen molar-refractivity contribution in [3.05, 3.63) is 57.9 Å². The van der Waals surface area contributed by atoms with E-state index in [2.05, 4.69) is 29.8 Å². The zero-order valence-electron chi connectivity index (χ0n) is 15.1. The summed E-state index contributed by atoms with van der Waals surface area (Å²) in [6.07, 6.45) is 6.41. The Bertz CT molecular complexity index is 727. The average molecular weight is 359 g/mol. The van der Waals surface area contributed by atoms with Crippen LogP contribution in [-0.2, 0) is 6.54 Å². The Labute approximate surface area is 155 Å². The van der Waals surface area contributed by atoms with Crippen molar-refractivity contribution >= 4 is 17.4 Å². The van der Waals surface area contributed by atoms with Gasteiger partial charge in [-0.1, -0.05) is 43.0 Å². The van der Waals surface area contributed by atoms with Crippen LogP contribution < -0.4 is 5.32 Å². The van der Waals surface area contributed by atoms with E-state index in [1.807, 2.05) is 24.3 Å². The summed E-state index contributed by atoms with van der Waals surface area (Å²) in [5, 5.41) is 3.98. The molecule has 1 aromatic carbocycles. The first-order valence-corrected chi connectivity index (χ1v) is 9.61. The minimum atomic E-state index is 0.170. The van der Waals surface area contributed by atoms with Gasteiger partial charge in [0.1, 0.15) is 0 Å². The van der Waals surface area contributed by atoms with Crippen LogP contribution in [0.1, 0.15) is 65.5 Å². The van der Waals surface area contributed by atoms with Crippen molar-refractivity contribution in [1.82, 2.24) is 9.88 Å². The number of benzene rings is 1. The molecular weight excluding hydrogens is 332 g/mol. The maximum Gasteiger partial charge on any atom is 0.178 e. The number of rotatable bonds is 6. The number of halogens is 1. The smallest absolute Gasteiger partial charge is 0.178 e. The van der Waals surface area contributed by atoms with Gasteiger partial charge in [0.15, 0.2) is 5.78 Å². The molecular formula is C21H27ClN2O. The molecule has 0 amide bonds. The van der Waals surface area contributed by atoms with Crippen LogP contribution in [0.5, 0.6) is 0 Å². The first kappa shape index (κ1) is 18.2. The van der Waals surface area contributed by atoms with Crippen LogP contribution >= 0.6 is 11.6 Å². The molecule has 1 aliphatic rings. The van der Waals surface area contributed by atoms with Crippen LogP contribution in [0.3, 0.4) is 0 Å². The maximum atomic E-state index is 12.7. The number of nitrogens with zero attached hydrogens (tertiary/aromatic N) is 1. The van der Waals surface area contributed by atoms with Gasteiger partial charge in [-0.15, -0.1) is 0 Å². The molecule has 0 unspecified atom stereocenters. The summed E-state index contributed by atoms with van der Waals surface area (Å²) in [6, 6.07) is 10.3. The third-order valence-corrected chi connectivity index (χ3v) is 5.50. The number of Topliss-reactive ketones (excluding diaryl/α,β-unsaturated/α-hetero) is 1. The number of carbonyl (C=O) groups excluding carboxylic acids is 1. The van der Waals surface area contributed by atoms with E-state index < -0.39 is 0 Å². The van der Waals surface area contributed by atoms with Crippen molar-refractivity contribution < 1.29 is 4.79 Å². The largest absolute Gasteiger partial charge is 0.345 e. The lowest BCUT2D eigenvalue weighted by atomic mass is 9.95. The second-order valence-corrected chi connectivity index (χ2v) is 7.54. The molecule has 4 heteroatoms. The van der Waals surface area contributed by atoms with Gasteiger partial charge < -0.3 is 9.88 Å². The normalized spacial score (nSPS) is 15.5. The van der Waals surface area contributed by atoms with Crippen molar-refractivity contribution in [3.63, 3.8) is 0 Å². The number of hydrogen-bond acceptors (Lipinski definition) is 2. The third kappa shape index (κ3) is 4.34. The van der Waals surface area contributed by atoms with E-state index in [1.54, 1.807) is 0 Å². The van der Waals surface area contributed by atoms with E-state index in [-0.39, 0.29) is 5.78 Å². The first-order valence-electron chi connectivity index (χ1n) is 9.23. The van der Waals surface area contributed by atoms with Crippen LogP contribution in [0, 0.1) is 13.8 Å². The van der Waals surface area contributed by atoms with Crippen LogP contribution in [-0.4, -0.2) is 16.9 Å². The van der Waals surface area contributed by atoms with Crippen molar-refractivity contribution in [2.45, 2.75) is 58.5 Å². The monoisotopic (exact) mass is 358 g/mol. The predicted molar refractivity (Wildman–Crippen MR) is 104 cm³/mol. The summed E-state index contributed by atoms with van der Waals surface area (Å²) in [7, 11) is 0. The number of ketones is 1. The van der Waals surface area contributed by atoms with Gasteiger partial charge >= 0.3 is 0 Å². The van der Waals surface area contributed by atoms with Crippen LogP contribution in [0.2, 0.25) is 5.02 Å². The fourth-order valence-corrected chi connectivity index (χ4v) is 4.10. The van der Waals surface area contributed by atoms with Gasteiger partial charge in [0.2, 0.25) is 0 Å². The Hall–Kier alpha value is -1.58. The van der Waals surface area contributed by atoms with E-state index in [9.17, 15) is 4.79 Å². The lowest BCUT2D eigenvalue weighted by Crippen LogP contribution is -2.23. The minimum absolute atomic E-state index is 0.170. The zero-order valence-corrected chi connectivity index (χ0v) is 15.9. The van der Waals surface area contributed by atoms with Gasteiger partial charge in [-0.3, -0.25) is 4.79 Å². The number of aromatic nitrogens is 1. The number of hydrogen-bond donors (Lipinski definition) is 1. The highest BCUT2D eigenvalue weighted by Crippen LogP contribution is 2.32. The van der Waals surface area contributed by atoms with Crippen LogP contribution in [0.15, 0.2) is 30.3 Å². The van der Waals surface area contributed by atoms with Gasteiger partial charge in [-0.05, 0) is 50.5 Å². The molecule has 1 heterocycles. The molecule has 1 aromatic heterocycles. The van der Waals surface area contributed by atoms with Gasteiger partial charge in [0, 0.05) is 34.6 Å². The van der Waals surface area contributed by atoms with E-state index in [0.29, 0.717) is 19.1 Å². The Balaban J connectivity index is 1.63. The zero-order chi connectivity index (χ0) is 17.8. The molecule has 0 bridgehead atoms. The van der Waals surface area contributed by atoms with Gasteiger partial charge in [-0.2, -0.15) is 0 Å². The van der Waals surface area contributed by atoms with Gasteiger partial charge in [0.05, 0.1) is 6.54 Å². The van der Waals surface area contributed by atoms with E-state index >= 15 is 0 Å². The SMILES string of the molecule is Cc1cc(C(=O)CNCc2ccc(Cl)cc2)c(C)n1C1CCCCC1. The third-order valence-electron chi connectivity index (χ3n) is 5.25. The average Bonchev–Trinajstić information content (AvgIpc) is 2.92. The first-order chi connectivity index (χ1) is 12.1. The highest BCUT2D eigenvalue weighted by molar-refractivity contribution is 6.30. The summed E-state index contributed by atoms with van der Waals surface area (Å²) in [4.78, 5) is 12.7. The summed E-state index contributed by atoms with van der Waals surface area (Å²) in [5.74, 6) is 0.170. The van der Waals surface area contributed by atoms with E-state index in [1.165, 1.54) is 37.8 Å². The second kappa shape index (κ2) is 8.20. The van der Waals surface area contributed by atoms with E-state index in [4.69, 9.17) is 11.6 Å². The molecule has 1 aliphatic carbocycles. The summed E-state index contributed by atoms with van der Waals surface area (Å²) in [5.41, 5.74) is 4.34. The molecule has 0 aliphatic heterocycles. The van der Waals surface area contributed by atoms with Crippen LogP contribution in [0.4, 0.5) is 0 Å². The fourth-order valence-electron chi connectivity index (χ4n) is 3.98. The highest BCUT2D eigenvalue weighted by atomic mass is 35.5.